The van der Waals surface area contributed by atoms with Gasteiger partial charge in [0.25, 0.3) is 0 Å². The van der Waals surface area contributed by atoms with Crippen LogP contribution < -0.4 is 0 Å². The highest BCUT2D eigenvalue weighted by Crippen LogP contribution is 2.23. The van der Waals surface area contributed by atoms with Crippen LogP contribution in [0.5, 0.6) is 5.75 Å². The monoisotopic (exact) mass is 354 g/mol. The molecule has 0 saturated carbocycles. The third-order valence-electron chi connectivity index (χ3n) is 2.55. The molecule has 0 radical (unpaired) electrons. The summed E-state index contributed by atoms with van der Waals surface area (Å²) in [5, 5.41) is 9.60. The fourth-order valence-corrected chi connectivity index (χ4v) is 2.87. The van der Waals surface area contributed by atoms with E-state index in [0.29, 0.717) is 4.88 Å². The lowest BCUT2D eigenvalue weighted by Gasteiger charge is -2.06. The van der Waals surface area contributed by atoms with E-state index in [1.54, 1.807) is 25.1 Å². The fraction of sp³-hybridized carbons (Fsp3) is 0.143. The first kappa shape index (κ1) is 14.7. The molecule has 4 nitrogen and oxygen atoms in total. The van der Waals surface area contributed by atoms with E-state index in [0.717, 1.165) is 9.35 Å². The molecule has 1 N–H and O–H groups in total. The summed E-state index contributed by atoms with van der Waals surface area (Å²) in [5.74, 6) is -1.15. The van der Waals surface area contributed by atoms with Crippen molar-refractivity contribution < 1.29 is 19.4 Å². The molecule has 1 aromatic heterocycles. The normalized spacial score (nSPS) is 10.3. The molecule has 0 aliphatic rings. The summed E-state index contributed by atoms with van der Waals surface area (Å²) in [6.07, 6.45) is 0. The van der Waals surface area contributed by atoms with Gasteiger partial charge in [-0.2, -0.15) is 0 Å². The first-order valence-corrected chi connectivity index (χ1v) is 7.33. The summed E-state index contributed by atoms with van der Waals surface area (Å²) >= 11 is 4.54. The van der Waals surface area contributed by atoms with Crippen LogP contribution >= 0.6 is 27.3 Å². The average molecular weight is 355 g/mol. The standard InChI is InChI=1S/C14H11BrO4S/c1-8-2-3-10(16)9(6-8)14(18)19-7-11(17)12-4-5-13(15)20-12/h2-6,16H,7H2,1H3. The van der Waals surface area contributed by atoms with Crippen molar-refractivity contribution in [1.82, 2.24) is 0 Å². The van der Waals surface area contributed by atoms with Gasteiger partial charge in [-0.25, -0.2) is 4.79 Å². The van der Waals surface area contributed by atoms with Crippen LogP contribution in [0.2, 0.25) is 0 Å². The number of Topliss-reactive ketones (excluding diaryl/α,β-unsaturated/α-hetero) is 1. The molecule has 2 rings (SSSR count). The second-order valence-corrected chi connectivity index (χ2v) is 6.59. The first-order chi connectivity index (χ1) is 9.47. The Balaban J connectivity index is 2.02. The number of benzene rings is 1. The summed E-state index contributed by atoms with van der Waals surface area (Å²) in [6, 6.07) is 8.04. The minimum Gasteiger partial charge on any atom is -0.507 e. The Kier molecular flexibility index (Phi) is 4.57. The summed E-state index contributed by atoms with van der Waals surface area (Å²) < 4.78 is 5.77. The summed E-state index contributed by atoms with van der Waals surface area (Å²) in [7, 11) is 0. The van der Waals surface area contributed by atoms with Gasteiger partial charge in [-0.15, -0.1) is 11.3 Å². The van der Waals surface area contributed by atoms with Crippen LogP contribution in [-0.2, 0) is 4.74 Å². The van der Waals surface area contributed by atoms with Crippen molar-refractivity contribution in [3.63, 3.8) is 0 Å². The molecule has 0 saturated heterocycles. The van der Waals surface area contributed by atoms with Gasteiger partial charge in [-0.05, 0) is 47.1 Å². The van der Waals surface area contributed by atoms with E-state index in [1.165, 1.54) is 23.5 Å². The van der Waals surface area contributed by atoms with Crippen molar-refractivity contribution in [2.24, 2.45) is 0 Å². The number of esters is 1. The molecule has 0 atom stereocenters. The van der Waals surface area contributed by atoms with Crippen LogP contribution in [-0.4, -0.2) is 23.5 Å². The van der Waals surface area contributed by atoms with E-state index in [4.69, 9.17) is 4.74 Å². The fourth-order valence-electron chi connectivity index (χ4n) is 1.56. The van der Waals surface area contributed by atoms with Gasteiger partial charge in [-0.3, -0.25) is 4.79 Å². The van der Waals surface area contributed by atoms with E-state index in [1.807, 2.05) is 0 Å². The molecule has 6 heteroatoms. The third kappa shape index (κ3) is 3.46. The quantitative estimate of drug-likeness (QED) is 0.673. The molecular formula is C14H11BrO4S. The molecule has 0 bridgehead atoms. The Labute approximate surface area is 128 Å². The largest absolute Gasteiger partial charge is 0.507 e. The van der Waals surface area contributed by atoms with Gasteiger partial charge < -0.3 is 9.84 Å². The third-order valence-corrected chi connectivity index (χ3v) is 4.22. The number of ketones is 1. The number of phenols is 1. The number of aromatic hydroxyl groups is 1. The SMILES string of the molecule is Cc1ccc(O)c(C(=O)OCC(=O)c2ccc(Br)s2)c1. The van der Waals surface area contributed by atoms with E-state index in [-0.39, 0.29) is 23.7 Å². The maximum absolute atomic E-state index is 11.8. The summed E-state index contributed by atoms with van der Waals surface area (Å²) in [5.41, 5.74) is 0.883. The molecule has 20 heavy (non-hydrogen) atoms. The van der Waals surface area contributed by atoms with Gasteiger partial charge in [0, 0.05) is 0 Å². The zero-order valence-corrected chi connectivity index (χ0v) is 13.0. The van der Waals surface area contributed by atoms with Crippen LogP contribution in [0.15, 0.2) is 34.1 Å². The number of halogens is 1. The predicted molar refractivity (Wildman–Crippen MR) is 79.5 cm³/mol. The predicted octanol–water partition coefficient (Wildman–Crippen LogP) is 3.56. The van der Waals surface area contributed by atoms with E-state index < -0.39 is 5.97 Å². The smallest absolute Gasteiger partial charge is 0.342 e. The molecule has 0 spiro atoms. The van der Waals surface area contributed by atoms with Crippen LogP contribution in [0.4, 0.5) is 0 Å². The van der Waals surface area contributed by atoms with Crippen LogP contribution in [0.1, 0.15) is 25.6 Å². The zero-order chi connectivity index (χ0) is 14.7. The molecular weight excluding hydrogens is 344 g/mol. The first-order valence-electron chi connectivity index (χ1n) is 5.72. The summed E-state index contributed by atoms with van der Waals surface area (Å²) in [6.45, 7) is 1.45. The Morgan fingerprint density at radius 1 is 1.30 bits per heavy atom. The molecule has 0 fully saturated rings. The second kappa shape index (κ2) is 6.19. The molecule has 1 aromatic carbocycles. The zero-order valence-electron chi connectivity index (χ0n) is 10.6. The number of carbonyl (C=O) groups is 2. The molecule has 0 unspecified atom stereocenters. The van der Waals surface area contributed by atoms with Crippen LogP contribution in [0, 0.1) is 6.92 Å². The molecule has 2 aromatic rings. The molecule has 0 amide bonds. The van der Waals surface area contributed by atoms with Crippen LogP contribution in [0.25, 0.3) is 0 Å². The highest BCUT2D eigenvalue weighted by molar-refractivity contribution is 9.11. The van der Waals surface area contributed by atoms with Crippen molar-refractivity contribution in [2.45, 2.75) is 6.92 Å². The highest BCUT2D eigenvalue weighted by Gasteiger charge is 2.16. The number of carbonyl (C=O) groups excluding carboxylic acids is 2. The molecule has 0 aliphatic heterocycles. The Morgan fingerprint density at radius 3 is 2.70 bits per heavy atom. The minimum atomic E-state index is -0.713. The van der Waals surface area contributed by atoms with E-state index >= 15 is 0 Å². The van der Waals surface area contributed by atoms with Crippen molar-refractivity contribution in [1.29, 1.82) is 0 Å². The van der Waals surface area contributed by atoms with Crippen molar-refractivity contribution in [3.05, 3.63) is 50.1 Å². The van der Waals surface area contributed by atoms with Gasteiger partial charge in [0.2, 0.25) is 5.78 Å². The van der Waals surface area contributed by atoms with Crippen LogP contribution in [0.3, 0.4) is 0 Å². The number of thiophene rings is 1. The number of rotatable bonds is 4. The highest BCUT2D eigenvalue weighted by atomic mass is 79.9. The maximum atomic E-state index is 11.8. The van der Waals surface area contributed by atoms with Crippen molar-refractivity contribution >= 4 is 39.0 Å². The number of phenolic OH excluding ortho intramolecular Hbond substituents is 1. The Hall–Kier alpha value is -1.66. The van der Waals surface area contributed by atoms with Gasteiger partial charge in [0.1, 0.15) is 11.3 Å². The number of hydrogen-bond donors (Lipinski definition) is 1. The average Bonchev–Trinajstić information content (AvgIpc) is 2.85. The number of ether oxygens (including phenoxy) is 1. The lowest BCUT2D eigenvalue weighted by atomic mass is 10.1. The van der Waals surface area contributed by atoms with Gasteiger partial charge >= 0.3 is 5.97 Å². The second-order valence-electron chi connectivity index (χ2n) is 4.12. The lowest BCUT2D eigenvalue weighted by molar-refractivity contribution is 0.0473. The Morgan fingerprint density at radius 2 is 2.05 bits per heavy atom. The lowest BCUT2D eigenvalue weighted by Crippen LogP contribution is -2.13. The number of aryl methyl sites for hydroxylation is 1. The van der Waals surface area contributed by atoms with Crippen molar-refractivity contribution in [3.8, 4) is 5.75 Å². The molecule has 104 valence electrons. The maximum Gasteiger partial charge on any atom is 0.342 e. The molecule has 1 heterocycles. The topological polar surface area (TPSA) is 63.6 Å². The summed E-state index contributed by atoms with van der Waals surface area (Å²) in [4.78, 5) is 24.1. The van der Waals surface area contributed by atoms with Gasteiger partial charge in [-0.1, -0.05) is 11.6 Å². The van der Waals surface area contributed by atoms with Gasteiger partial charge in [0.05, 0.1) is 8.66 Å². The van der Waals surface area contributed by atoms with Gasteiger partial charge in [0.15, 0.2) is 6.61 Å². The minimum absolute atomic E-state index is 0.0603. The van der Waals surface area contributed by atoms with E-state index in [9.17, 15) is 14.7 Å². The van der Waals surface area contributed by atoms with E-state index in [2.05, 4.69) is 15.9 Å². The van der Waals surface area contributed by atoms with Crippen molar-refractivity contribution in [2.75, 3.05) is 6.61 Å². The molecule has 0 aliphatic carbocycles. The Bertz CT molecular complexity index is 663. The number of hydrogen-bond acceptors (Lipinski definition) is 5.